The Labute approximate surface area is 189 Å². The number of halogens is 1. The van der Waals surface area contributed by atoms with Gasteiger partial charge in [-0.25, -0.2) is 9.97 Å². The molecule has 0 atom stereocenters. The average Bonchev–Trinajstić information content (AvgIpc) is 2.78. The maximum Gasteiger partial charge on any atom is 0.229 e. The van der Waals surface area contributed by atoms with E-state index in [1.807, 2.05) is 18.7 Å². The van der Waals surface area contributed by atoms with E-state index in [0.29, 0.717) is 38.6 Å². The van der Waals surface area contributed by atoms with Gasteiger partial charge in [-0.1, -0.05) is 29.8 Å². The predicted molar refractivity (Wildman–Crippen MR) is 123 cm³/mol. The lowest BCUT2D eigenvalue weighted by Gasteiger charge is -2.37. The van der Waals surface area contributed by atoms with Crippen LogP contribution in [0.1, 0.15) is 42.1 Å². The van der Waals surface area contributed by atoms with Gasteiger partial charge in [0.25, 0.3) is 0 Å². The number of hydrogen-bond donors (Lipinski definition) is 0. The Morgan fingerprint density at radius 1 is 1.19 bits per heavy atom. The number of carbonyl (C=O) groups excluding carboxylic acids is 1. The number of aryl methyl sites for hydroxylation is 1. The number of amides is 1. The van der Waals surface area contributed by atoms with Gasteiger partial charge in [0.15, 0.2) is 0 Å². The van der Waals surface area contributed by atoms with Crippen LogP contribution in [0.5, 0.6) is 0 Å². The molecule has 1 aromatic carbocycles. The first kappa shape index (κ1) is 22.0. The fourth-order valence-electron chi connectivity index (χ4n) is 4.23. The van der Waals surface area contributed by atoms with Crippen molar-refractivity contribution >= 4 is 23.3 Å². The summed E-state index contributed by atoms with van der Waals surface area (Å²) in [7, 11) is 0. The van der Waals surface area contributed by atoms with Gasteiger partial charge in [0.05, 0.1) is 30.9 Å². The van der Waals surface area contributed by atoms with E-state index in [0.717, 1.165) is 42.4 Å². The van der Waals surface area contributed by atoms with Crippen molar-refractivity contribution in [2.24, 2.45) is 5.41 Å². The summed E-state index contributed by atoms with van der Waals surface area (Å²) in [4.78, 5) is 27.2. The van der Waals surface area contributed by atoms with Gasteiger partial charge in [-0.3, -0.25) is 4.79 Å². The molecule has 1 fully saturated rings. The molecule has 0 aliphatic carbocycles. The van der Waals surface area contributed by atoms with E-state index in [1.165, 1.54) is 11.1 Å². The molecule has 7 heteroatoms. The SMILES string of the molecule is Cc1cccc(Cc2nc3c(c(N4CCOCC4)n2)CN(C(=O)C(C)(C)CCl)CC3)c1. The number of alkyl halides is 1. The van der Waals surface area contributed by atoms with Crippen LogP contribution < -0.4 is 4.90 Å². The maximum atomic E-state index is 13.1. The highest BCUT2D eigenvalue weighted by Gasteiger charge is 2.35. The molecule has 2 aliphatic rings. The summed E-state index contributed by atoms with van der Waals surface area (Å²) in [5.41, 5.74) is 4.00. The lowest BCUT2D eigenvalue weighted by atomic mass is 9.92. The van der Waals surface area contributed by atoms with Crippen LogP contribution in [0.2, 0.25) is 0 Å². The van der Waals surface area contributed by atoms with Crippen molar-refractivity contribution in [2.45, 2.75) is 40.2 Å². The van der Waals surface area contributed by atoms with Crippen LogP contribution in [0.15, 0.2) is 24.3 Å². The average molecular weight is 443 g/mol. The summed E-state index contributed by atoms with van der Waals surface area (Å²) in [5, 5.41) is 0. The Hall–Kier alpha value is -2.18. The molecule has 3 heterocycles. The first-order chi connectivity index (χ1) is 14.9. The van der Waals surface area contributed by atoms with Gasteiger partial charge in [-0.2, -0.15) is 0 Å². The quantitative estimate of drug-likeness (QED) is 0.664. The lowest BCUT2D eigenvalue weighted by Crippen LogP contribution is -2.46. The van der Waals surface area contributed by atoms with E-state index in [1.54, 1.807) is 0 Å². The zero-order valence-corrected chi connectivity index (χ0v) is 19.4. The summed E-state index contributed by atoms with van der Waals surface area (Å²) in [6.07, 6.45) is 1.44. The van der Waals surface area contributed by atoms with Crippen LogP contribution in [0.25, 0.3) is 0 Å². The standard InChI is InChI=1S/C24H31ClN4O2/c1-17-5-4-6-18(13-17)14-21-26-20-7-8-29(23(30)24(2,3)16-25)15-19(20)22(27-21)28-9-11-31-12-10-28/h4-6,13H,7-12,14-16H2,1-3H3. The third kappa shape index (κ3) is 4.85. The molecule has 0 spiro atoms. The van der Waals surface area contributed by atoms with Crippen molar-refractivity contribution in [3.05, 3.63) is 52.5 Å². The van der Waals surface area contributed by atoms with Crippen LogP contribution in [-0.4, -0.2) is 59.5 Å². The highest BCUT2D eigenvalue weighted by atomic mass is 35.5. The molecule has 2 aliphatic heterocycles. The fraction of sp³-hybridized carbons (Fsp3) is 0.542. The van der Waals surface area contributed by atoms with Crippen molar-refractivity contribution in [3.8, 4) is 0 Å². The molecule has 0 radical (unpaired) electrons. The molecular weight excluding hydrogens is 412 g/mol. The molecule has 0 saturated carbocycles. The van der Waals surface area contributed by atoms with Crippen LogP contribution in [0.4, 0.5) is 5.82 Å². The van der Waals surface area contributed by atoms with E-state index in [9.17, 15) is 4.79 Å². The van der Waals surface area contributed by atoms with E-state index in [-0.39, 0.29) is 5.91 Å². The number of benzene rings is 1. The van der Waals surface area contributed by atoms with Gasteiger partial charge in [0.1, 0.15) is 11.6 Å². The van der Waals surface area contributed by atoms with Crippen molar-refractivity contribution < 1.29 is 9.53 Å². The van der Waals surface area contributed by atoms with Crippen molar-refractivity contribution in [2.75, 3.05) is 43.6 Å². The van der Waals surface area contributed by atoms with Gasteiger partial charge < -0.3 is 14.5 Å². The number of aromatic nitrogens is 2. The second-order valence-corrected chi connectivity index (χ2v) is 9.42. The topological polar surface area (TPSA) is 58.6 Å². The summed E-state index contributed by atoms with van der Waals surface area (Å²) >= 11 is 6.08. The van der Waals surface area contributed by atoms with Gasteiger partial charge in [-0.15, -0.1) is 11.6 Å². The van der Waals surface area contributed by atoms with Crippen molar-refractivity contribution in [3.63, 3.8) is 0 Å². The van der Waals surface area contributed by atoms with Gasteiger partial charge >= 0.3 is 0 Å². The highest BCUT2D eigenvalue weighted by molar-refractivity contribution is 6.19. The summed E-state index contributed by atoms with van der Waals surface area (Å²) in [6, 6.07) is 8.49. The first-order valence-electron chi connectivity index (χ1n) is 11.0. The number of ether oxygens (including phenoxy) is 1. The number of carbonyl (C=O) groups is 1. The molecular formula is C24H31ClN4O2. The van der Waals surface area contributed by atoms with Gasteiger partial charge in [0, 0.05) is 43.9 Å². The number of fused-ring (bicyclic) bond motifs is 1. The number of nitrogens with zero attached hydrogens (tertiary/aromatic N) is 4. The van der Waals surface area contributed by atoms with E-state index in [4.69, 9.17) is 26.3 Å². The minimum absolute atomic E-state index is 0.0879. The summed E-state index contributed by atoms with van der Waals surface area (Å²) in [6.45, 7) is 10.1. The largest absolute Gasteiger partial charge is 0.378 e. The summed E-state index contributed by atoms with van der Waals surface area (Å²) < 4.78 is 5.56. The molecule has 0 unspecified atom stereocenters. The second-order valence-electron chi connectivity index (χ2n) is 9.15. The molecule has 166 valence electrons. The summed E-state index contributed by atoms with van der Waals surface area (Å²) in [5.74, 6) is 2.19. The smallest absolute Gasteiger partial charge is 0.229 e. The Morgan fingerprint density at radius 3 is 2.68 bits per heavy atom. The monoisotopic (exact) mass is 442 g/mol. The van der Waals surface area contributed by atoms with Crippen LogP contribution in [0.3, 0.4) is 0 Å². The molecule has 0 bridgehead atoms. The minimum Gasteiger partial charge on any atom is -0.378 e. The zero-order chi connectivity index (χ0) is 22.0. The predicted octanol–water partition coefficient (Wildman–Crippen LogP) is 3.36. The Bertz CT molecular complexity index is 957. The van der Waals surface area contributed by atoms with Crippen LogP contribution in [-0.2, 0) is 28.9 Å². The van der Waals surface area contributed by atoms with Gasteiger partial charge in [-0.05, 0) is 26.3 Å². The number of hydrogen-bond acceptors (Lipinski definition) is 5. The number of anilines is 1. The normalized spacial score (nSPS) is 16.9. The van der Waals surface area contributed by atoms with E-state index in [2.05, 4.69) is 36.1 Å². The minimum atomic E-state index is -0.579. The molecule has 31 heavy (non-hydrogen) atoms. The fourth-order valence-corrected chi connectivity index (χ4v) is 4.34. The van der Waals surface area contributed by atoms with E-state index >= 15 is 0 Å². The highest BCUT2D eigenvalue weighted by Crippen LogP contribution is 2.31. The van der Waals surface area contributed by atoms with Crippen LogP contribution in [0, 0.1) is 12.3 Å². The molecule has 2 aromatic rings. The first-order valence-corrected chi connectivity index (χ1v) is 11.5. The van der Waals surface area contributed by atoms with Crippen molar-refractivity contribution in [1.29, 1.82) is 0 Å². The third-order valence-corrected chi connectivity index (χ3v) is 6.71. The maximum absolute atomic E-state index is 13.1. The lowest BCUT2D eigenvalue weighted by molar-refractivity contribution is -0.140. The van der Waals surface area contributed by atoms with E-state index < -0.39 is 5.41 Å². The number of rotatable bonds is 5. The molecule has 0 N–H and O–H groups in total. The Kier molecular flexibility index (Phi) is 6.49. The second kappa shape index (κ2) is 9.13. The molecule has 6 nitrogen and oxygen atoms in total. The third-order valence-electron chi connectivity index (χ3n) is 6.04. The molecule has 1 saturated heterocycles. The molecule has 1 aromatic heterocycles. The number of morpholine rings is 1. The van der Waals surface area contributed by atoms with Crippen molar-refractivity contribution in [1.82, 2.24) is 14.9 Å². The molecule has 1 amide bonds. The molecule has 4 rings (SSSR count). The van der Waals surface area contributed by atoms with Crippen LogP contribution >= 0.6 is 11.6 Å². The Morgan fingerprint density at radius 2 is 1.97 bits per heavy atom. The zero-order valence-electron chi connectivity index (χ0n) is 18.7. The Balaban J connectivity index is 1.68. The van der Waals surface area contributed by atoms with Gasteiger partial charge in [0.2, 0.25) is 5.91 Å².